The standard InChI is InChI=1S/C30H38N6S/c31-29(33-13-19-35-15-1-2-16-35)25-9-5-7-23(21-25)27-11-12-28(37-27)24-8-6-10-26(22-24)30(32)34-14-20-36-17-3-4-18-36/h5-12,21-22H,1-4,13-20H2,(H2,31,33)(H2,32,34). The molecular weight excluding hydrogens is 476 g/mol. The Bertz CT molecular complexity index is 1140. The third-order valence-electron chi connectivity index (χ3n) is 7.29. The first kappa shape index (κ1) is 25.6. The average Bonchev–Trinajstić information content (AvgIpc) is 3.72. The van der Waals surface area contributed by atoms with Crippen LogP contribution in [0.1, 0.15) is 36.8 Å². The van der Waals surface area contributed by atoms with Gasteiger partial charge in [-0.15, -0.1) is 11.3 Å². The van der Waals surface area contributed by atoms with Gasteiger partial charge in [-0.2, -0.15) is 0 Å². The van der Waals surface area contributed by atoms with Gasteiger partial charge in [-0.3, -0.25) is 9.98 Å². The predicted molar refractivity (Wildman–Crippen MR) is 158 cm³/mol. The second-order valence-corrected chi connectivity index (χ2v) is 11.0. The number of hydrogen-bond donors (Lipinski definition) is 2. The molecule has 0 unspecified atom stereocenters. The Balaban J connectivity index is 1.24. The molecule has 2 aromatic carbocycles. The predicted octanol–water partition coefficient (Wildman–Crippen LogP) is 4.68. The lowest BCUT2D eigenvalue weighted by Gasteiger charge is -2.12. The van der Waals surface area contributed by atoms with Crippen molar-refractivity contribution in [3.63, 3.8) is 0 Å². The van der Waals surface area contributed by atoms with Crippen LogP contribution in [-0.4, -0.2) is 73.8 Å². The van der Waals surface area contributed by atoms with Crippen LogP contribution in [0.3, 0.4) is 0 Å². The first-order valence-electron chi connectivity index (χ1n) is 13.5. The smallest absolute Gasteiger partial charge is 0.125 e. The molecule has 2 fully saturated rings. The molecule has 2 aliphatic rings. The quantitative estimate of drug-likeness (QED) is 0.304. The molecule has 0 atom stereocenters. The summed E-state index contributed by atoms with van der Waals surface area (Å²) in [7, 11) is 0. The van der Waals surface area contributed by atoms with E-state index in [1.165, 1.54) is 61.6 Å². The summed E-state index contributed by atoms with van der Waals surface area (Å²) in [6, 6.07) is 21.1. The Kier molecular flexibility index (Phi) is 8.66. The van der Waals surface area contributed by atoms with Gasteiger partial charge in [0.25, 0.3) is 0 Å². The number of benzene rings is 2. The second kappa shape index (κ2) is 12.5. The molecule has 1 aromatic heterocycles. The van der Waals surface area contributed by atoms with Crippen LogP contribution < -0.4 is 11.5 Å². The second-order valence-electron chi connectivity index (χ2n) is 9.96. The maximum Gasteiger partial charge on any atom is 0.125 e. The number of aliphatic imine (C=N–C) groups is 2. The third-order valence-corrected chi connectivity index (χ3v) is 8.47. The van der Waals surface area contributed by atoms with Crippen molar-refractivity contribution in [3.05, 3.63) is 71.8 Å². The summed E-state index contributed by atoms with van der Waals surface area (Å²) in [6.07, 6.45) is 5.20. The zero-order valence-electron chi connectivity index (χ0n) is 21.6. The Morgan fingerprint density at radius 3 is 1.51 bits per heavy atom. The van der Waals surface area contributed by atoms with Crippen molar-refractivity contribution in [2.75, 3.05) is 52.4 Å². The molecule has 3 aromatic rings. The highest BCUT2D eigenvalue weighted by Gasteiger charge is 2.12. The van der Waals surface area contributed by atoms with E-state index in [9.17, 15) is 0 Å². The highest BCUT2D eigenvalue weighted by atomic mass is 32.1. The van der Waals surface area contributed by atoms with E-state index < -0.39 is 0 Å². The van der Waals surface area contributed by atoms with Gasteiger partial charge in [0.2, 0.25) is 0 Å². The molecule has 0 amide bonds. The van der Waals surface area contributed by atoms with Crippen molar-refractivity contribution in [1.82, 2.24) is 9.80 Å². The summed E-state index contributed by atoms with van der Waals surface area (Å²) < 4.78 is 0. The van der Waals surface area contributed by atoms with Gasteiger partial charge >= 0.3 is 0 Å². The highest BCUT2D eigenvalue weighted by molar-refractivity contribution is 7.18. The van der Waals surface area contributed by atoms with Gasteiger partial charge in [0.1, 0.15) is 11.7 Å². The fraction of sp³-hybridized carbons (Fsp3) is 0.400. The van der Waals surface area contributed by atoms with Crippen molar-refractivity contribution in [1.29, 1.82) is 0 Å². The van der Waals surface area contributed by atoms with Crippen LogP contribution in [0.15, 0.2) is 70.6 Å². The van der Waals surface area contributed by atoms with E-state index in [1.54, 1.807) is 11.3 Å². The molecule has 5 rings (SSSR count). The van der Waals surface area contributed by atoms with E-state index in [1.807, 2.05) is 12.1 Å². The lowest BCUT2D eigenvalue weighted by atomic mass is 10.1. The number of hydrogen-bond acceptors (Lipinski definition) is 5. The Labute approximate surface area is 224 Å². The average molecular weight is 515 g/mol. The molecular formula is C30H38N6S. The van der Waals surface area contributed by atoms with Gasteiger partial charge in [-0.25, -0.2) is 0 Å². The van der Waals surface area contributed by atoms with Crippen LogP contribution in [0.25, 0.3) is 20.9 Å². The van der Waals surface area contributed by atoms with E-state index in [4.69, 9.17) is 11.5 Å². The van der Waals surface area contributed by atoms with Gasteiger partial charge in [-0.1, -0.05) is 36.4 Å². The summed E-state index contributed by atoms with van der Waals surface area (Å²) >= 11 is 1.77. The minimum Gasteiger partial charge on any atom is -0.384 e. The van der Waals surface area contributed by atoms with Crippen LogP contribution in [0.5, 0.6) is 0 Å². The van der Waals surface area contributed by atoms with Crippen molar-refractivity contribution < 1.29 is 0 Å². The van der Waals surface area contributed by atoms with Crippen molar-refractivity contribution in [3.8, 4) is 20.9 Å². The Hall–Kier alpha value is -3.00. The highest BCUT2D eigenvalue weighted by Crippen LogP contribution is 2.35. The molecule has 2 saturated heterocycles. The molecule has 7 heteroatoms. The lowest BCUT2D eigenvalue weighted by Crippen LogP contribution is -2.24. The van der Waals surface area contributed by atoms with Gasteiger partial charge in [0, 0.05) is 34.0 Å². The van der Waals surface area contributed by atoms with Crippen LogP contribution in [0.2, 0.25) is 0 Å². The fourth-order valence-corrected chi connectivity index (χ4v) is 6.13. The zero-order valence-corrected chi connectivity index (χ0v) is 22.4. The first-order chi connectivity index (χ1) is 18.2. The van der Waals surface area contributed by atoms with E-state index in [2.05, 4.69) is 68.3 Å². The molecule has 4 N–H and O–H groups in total. The molecule has 194 valence electrons. The molecule has 0 radical (unpaired) electrons. The number of thiophene rings is 1. The molecule has 0 aliphatic carbocycles. The normalized spacial score (nSPS) is 17.6. The van der Waals surface area contributed by atoms with Gasteiger partial charge in [0.05, 0.1) is 13.1 Å². The van der Waals surface area contributed by atoms with Gasteiger partial charge in [0.15, 0.2) is 0 Å². The van der Waals surface area contributed by atoms with E-state index in [0.717, 1.165) is 48.4 Å². The van der Waals surface area contributed by atoms with Crippen molar-refractivity contribution >= 4 is 23.0 Å². The fourth-order valence-electron chi connectivity index (χ4n) is 5.13. The number of likely N-dealkylation sites (tertiary alicyclic amines) is 2. The Morgan fingerprint density at radius 1 is 0.649 bits per heavy atom. The topological polar surface area (TPSA) is 83.2 Å². The minimum absolute atomic E-state index is 0.616. The summed E-state index contributed by atoms with van der Waals surface area (Å²) in [5.41, 5.74) is 17.0. The van der Waals surface area contributed by atoms with Crippen LogP contribution in [0, 0.1) is 0 Å². The zero-order chi connectivity index (χ0) is 25.5. The van der Waals surface area contributed by atoms with Crippen LogP contribution in [-0.2, 0) is 0 Å². The van der Waals surface area contributed by atoms with E-state index >= 15 is 0 Å². The van der Waals surface area contributed by atoms with Crippen molar-refractivity contribution in [2.24, 2.45) is 21.5 Å². The number of amidine groups is 2. The first-order valence-corrected chi connectivity index (χ1v) is 14.3. The number of nitrogens with zero attached hydrogens (tertiary/aromatic N) is 4. The maximum absolute atomic E-state index is 6.35. The molecule has 2 aliphatic heterocycles. The number of rotatable bonds is 10. The molecule has 0 bridgehead atoms. The maximum atomic E-state index is 6.35. The third kappa shape index (κ3) is 6.86. The van der Waals surface area contributed by atoms with E-state index in [-0.39, 0.29) is 0 Å². The number of nitrogens with two attached hydrogens (primary N) is 2. The van der Waals surface area contributed by atoms with E-state index in [0.29, 0.717) is 11.7 Å². The summed E-state index contributed by atoms with van der Waals surface area (Å²) in [4.78, 5) is 16.6. The van der Waals surface area contributed by atoms with Gasteiger partial charge in [-0.05, 0) is 87.3 Å². The minimum atomic E-state index is 0.616. The summed E-state index contributed by atoms with van der Waals surface area (Å²) in [5, 5.41) is 0. The largest absolute Gasteiger partial charge is 0.384 e. The Morgan fingerprint density at radius 2 is 1.08 bits per heavy atom. The van der Waals surface area contributed by atoms with Crippen LogP contribution in [0.4, 0.5) is 0 Å². The van der Waals surface area contributed by atoms with Crippen LogP contribution >= 0.6 is 11.3 Å². The van der Waals surface area contributed by atoms with Gasteiger partial charge < -0.3 is 21.3 Å². The molecule has 6 nitrogen and oxygen atoms in total. The van der Waals surface area contributed by atoms with Crippen molar-refractivity contribution in [2.45, 2.75) is 25.7 Å². The molecule has 37 heavy (non-hydrogen) atoms. The SMILES string of the molecule is NC(=NCCN1CCCC1)c1cccc(-c2ccc(-c3cccc(C(N)=NCCN4CCCC4)c3)s2)c1. The summed E-state index contributed by atoms with van der Waals surface area (Å²) in [6.45, 7) is 8.22. The lowest BCUT2D eigenvalue weighted by molar-refractivity contribution is 0.349. The summed E-state index contributed by atoms with van der Waals surface area (Å²) in [5.74, 6) is 1.23. The molecule has 0 spiro atoms. The monoisotopic (exact) mass is 514 g/mol. The molecule has 0 saturated carbocycles. The molecule has 3 heterocycles.